The molecule has 28 heavy (non-hydrogen) atoms. The largest absolute Gasteiger partial charge is 0.495 e. The Morgan fingerprint density at radius 1 is 1.04 bits per heavy atom. The maximum Gasteiger partial charge on any atom is 0.261 e. The van der Waals surface area contributed by atoms with Gasteiger partial charge in [-0.2, -0.15) is 0 Å². The van der Waals surface area contributed by atoms with Crippen LogP contribution in [0.25, 0.3) is 0 Å². The normalized spacial score (nSPS) is 10.4. The number of carbonyl (C=O) groups is 2. The molecule has 0 aromatic heterocycles. The van der Waals surface area contributed by atoms with Crippen molar-refractivity contribution in [2.75, 3.05) is 17.7 Å². The van der Waals surface area contributed by atoms with Crippen molar-refractivity contribution < 1.29 is 14.3 Å². The summed E-state index contributed by atoms with van der Waals surface area (Å²) >= 11 is 11.9. The first-order valence-corrected chi connectivity index (χ1v) is 10.3. The molecule has 0 aliphatic heterocycles. The predicted octanol–water partition coefficient (Wildman–Crippen LogP) is 4.94. The standard InChI is InChI=1S/C19H19Br2N3O3S/c1-10(2)17(25)22-12-4-6-13(7-5-12)23-19(28)24-18(26)14-8-11(20)9-15(21)16(14)27-3/h4-10H,1-3H3,(H,22,25)(H2,23,24,26,28). The van der Waals surface area contributed by atoms with Gasteiger partial charge in [-0.3, -0.25) is 14.9 Å². The van der Waals surface area contributed by atoms with Crippen LogP contribution in [0.1, 0.15) is 24.2 Å². The lowest BCUT2D eigenvalue weighted by Crippen LogP contribution is -2.34. The third kappa shape index (κ3) is 6.02. The number of hydrogen-bond donors (Lipinski definition) is 3. The molecular formula is C19H19Br2N3O3S. The summed E-state index contributed by atoms with van der Waals surface area (Å²) in [6, 6.07) is 10.4. The van der Waals surface area contributed by atoms with Crippen molar-refractivity contribution in [3.63, 3.8) is 0 Å². The maximum atomic E-state index is 12.6. The zero-order valence-electron chi connectivity index (χ0n) is 15.4. The molecule has 0 bridgehead atoms. The maximum absolute atomic E-state index is 12.6. The van der Waals surface area contributed by atoms with E-state index in [1.807, 2.05) is 13.8 Å². The van der Waals surface area contributed by atoms with Gasteiger partial charge in [0.15, 0.2) is 5.11 Å². The molecule has 2 amide bonds. The number of rotatable bonds is 5. The Morgan fingerprint density at radius 3 is 2.14 bits per heavy atom. The highest BCUT2D eigenvalue weighted by atomic mass is 79.9. The Bertz CT molecular complexity index is 902. The fraction of sp³-hybridized carbons (Fsp3) is 0.211. The molecule has 0 aliphatic carbocycles. The molecule has 0 unspecified atom stereocenters. The topological polar surface area (TPSA) is 79.5 Å². The van der Waals surface area contributed by atoms with E-state index in [1.165, 1.54) is 7.11 Å². The number of methoxy groups -OCH3 is 1. The van der Waals surface area contributed by atoms with Crippen LogP contribution >= 0.6 is 44.1 Å². The second-order valence-corrected chi connectivity index (χ2v) is 8.28. The van der Waals surface area contributed by atoms with Crippen molar-refractivity contribution >= 4 is 72.4 Å². The quantitative estimate of drug-likeness (QED) is 0.479. The molecule has 0 spiro atoms. The van der Waals surface area contributed by atoms with Gasteiger partial charge in [0.25, 0.3) is 5.91 Å². The zero-order chi connectivity index (χ0) is 20.8. The summed E-state index contributed by atoms with van der Waals surface area (Å²) < 4.78 is 6.66. The summed E-state index contributed by atoms with van der Waals surface area (Å²) in [5.41, 5.74) is 1.69. The summed E-state index contributed by atoms with van der Waals surface area (Å²) in [6.45, 7) is 3.65. The van der Waals surface area contributed by atoms with Gasteiger partial charge in [-0.15, -0.1) is 0 Å². The van der Waals surface area contributed by atoms with Crippen molar-refractivity contribution in [3.8, 4) is 5.75 Å². The molecule has 0 saturated carbocycles. The van der Waals surface area contributed by atoms with Crippen molar-refractivity contribution in [1.82, 2.24) is 5.32 Å². The van der Waals surface area contributed by atoms with E-state index in [-0.39, 0.29) is 16.9 Å². The minimum Gasteiger partial charge on any atom is -0.495 e. The highest BCUT2D eigenvalue weighted by Crippen LogP contribution is 2.32. The molecule has 0 atom stereocenters. The SMILES string of the molecule is COc1c(Br)cc(Br)cc1C(=O)NC(=S)Nc1ccc(NC(=O)C(C)C)cc1. The Balaban J connectivity index is 2.02. The third-order valence-corrected chi connectivity index (χ3v) is 4.87. The van der Waals surface area contributed by atoms with E-state index in [1.54, 1.807) is 36.4 Å². The van der Waals surface area contributed by atoms with Crippen LogP contribution in [0, 0.1) is 5.92 Å². The van der Waals surface area contributed by atoms with Gasteiger partial charge in [-0.1, -0.05) is 29.8 Å². The molecule has 6 nitrogen and oxygen atoms in total. The van der Waals surface area contributed by atoms with E-state index in [0.29, 0.717) is 27.2 Å². The van der Waals surface area contributed by atoms with Crippen molar-refractivity contribution in [2.45, 2.75) is 13.8 Å². The second-order valence-electron chi connectivity index (χ2n) is 6.10. The number of ether oxygens (including phenoxy) is 1. The number of carbonyl (C=O) groups excluding carboxylic acids is 2. The van der Waals surface area contributed by atoms with Gasteiger partial charge >= 0.3 is 0 Å². The lowest BCUT2D eigenvalue weighted by molar-refractivity contribution is -0.118. The van der Waals surface area contributed by atoms with Crippen molar-refractivity contribution in [1.29, 1.82) is 0 Å². The first kappa shape index (κ1) is 22.3. The Hall–Kier alpha value is -1.97. The van der Waals surface area contributed by atoms with Crippen LogP contribution in [0.4, 0.5) is 11.4 Å². The fourth-order valence-corrected chi connectivity index (χ4v) is 3.79. The van der Waals surface area contributed by atoms with E-state index in [4.69, 9.17) is 17.0 Å². The number of halogens is 2. The van der Waals surface area contributed by atoms with Gasteiger partial charge in [-0.05, 0) is 64.5 Å². The molecule has 0 saturated heterocycles. The highest BCUT2D eigenvalue weighted by molar-refractivity contribution is 9.11. The predicted molar refractivity (Wildman–Crippen MR) is 122 cm³/mol. The summed E-state index contributed by atoms with van der Waals surface area (Å²) in [5.74, 6) is -0.154. The molecule has 2 aromatic carbocycles. The van der Waals surface area contributed by atoms with Gasteiger partial charge in [0.2, 0.25) is 5.91 Å². The smallest absolute Gasteiger partial charge is 0.261 e. The molecule has 0 radical (unpaired) electrons. The van der Waals surface area contributed by atoms with Gasteiger partial charge < -0.3 is 15.4 Å². The van der Waals surface area contributed by atoms with Crippen LogP contribution in [-0.2, 0) is 4.79 Å². The van der Waals surface area contributed by atoms with Gasteiger partial charge in [0.1, 0.15) is 5.75 Å². The molecule has 148 valence electrons. The van der Waals surface area contributed by atoms with Crippen LogP contribution in [0.2, 0.25) is 0 Å². The third-order valence-electron chi connectivity index (χ3n) is 3.62. The number of nitrogens with one attached hydrogen (secondary N) is 3. The van der Waals surface area contributed by atoms with Gasteiger partial charge in [0.05, 0.1) is 17.1 Å². The van der Waals surface area contributed by atoms with Crippen LogP contribution in [-0.4, -0.2) is 24.0 Å². The molecular weight excluding hydrogens is 510 g/mol. The summed E-state index contributed by atoms with van der Waals surface area (Å²) in [7, 11) is 1.49. The van der Waals surface area contributed by atoms with Crippen LogP contribution in [0.15, 0.2) is 45.3 Å². The summed E-state index contributed by atoms with van der Waals surface area (Å²) in [5, 5.41) is 8.51. The Labute approximate surface area is 185 Å². The molecule has 0 fully saturated rings. The van der Waals surface area contributed by atoms with E-state index < -0.39 is 5.91 Å². The molecule has 0 heterocycles. The second kappa shape index (κ2) is 9.99. The lowest BCUT2D eigenvalue weighted by Gasteiger charge is -2.14. The Kier molecular flexibility index (Phi) is 7.97. The van der Waals surface area contributed by atoms with E-state index in [0.717, 1.165) is 4.47 Å². The molecule has 0 aliphatic rings. The average molecular weight is 529 g/mol. The zero-order valence-corrected chi connectivity index (χ0v) is 19.4. The number of anilines is 2. The molecule has 9 heteroatoms. The number of amides is 2. The van der Waals surface area contributed by atoms with Crippen LogP contribution in [0.3, 0.4) is 0 Å². The highest BCUT2D eigenvalue weighted by Gasteiger charge is 2.17. The first-order valence-electron chi connectivity index (χ1n) is 8.27. The molecule has 2 rings (SSSR count). The average Bonchev–Trinajstić information content (AvgIpc) is 2.62. The fourth-order valence-electron chi connectivity index (χ4n) is 2.19. The van der Waals surface area contributed by atoms with Crippen LogP contribution < -0.4 is 20.7 Å². The van der Waals surface area contributed by atoms with E-state index in [9.17, 15) is 9.59 Å². The first-order chi connectivity index (χ1) is 13.2. The van der Waals surface area contributed by atoms with Gasteiger partial charge in [0, 0.05) is 21.8 Å². The summed E-state index contributed by atoms with van der Waals surface area (Å²) in [4.78, 5) is 24.3. The molecule has 2 aromatic rings. The lowest BCUT2D eigenvalue weighted by atomic mass is 10.2. The van der Waals surface area contributed by atoms with E-state index >= 15 is 0 Å². The number of thiocarbonyl (C=S) groups is 1. The number of hydrogen-bond acceptors (Lipinski definition) is 4. The Morgan fingerprint density at radius 2 is 1.61 bits per heavy atom. The molecule has 3 N–H and O–H groups in total. The monoisotopic (exact) mass is 527 g/mol. The van der Waals surface area contributed by atoms with Crippen molar-refractivity contribution in [2.24, 2.45) is 5.92 Å². The van der Waals surface area contributed by atoms with Crippen LogP contribution in [0.5, 0.6) is 5.75 Å². The van der Waals surface area contributed by atoms with Crippen molar-refractivity contribution in [3.05, 3.63) is 50.9 Å². The summed E-state index contributed by atoms with van der Waals surface area (Å²) in [6.07, 6.45) is 0. The van der Waals surface area contributed by atoms with E-state index in [2.05, 4.69) is 47.8 Å². The minimum atomic E-state index is -0.405. The number of benzene rings is 2. The van der Waals surface area contributed by atoms with Gasteiger partial charge in [-0.25, -0.2) is 0 Å². The minimum absolute atomic E-state index is 0.0578.